The summed E-state index contributed by atoms with van der Waals surface area (Å²) in [4.78, 5) is 11.8. The lowest BCUT2D eigenvalue weighted by atomic mass is 10.0. The number of fused-ring (bicyclic) bond motifs is 1. The maximum absolute atomic E-state index is 14.8. The molecule has 2 heterocycles. The van der Waals surface area contributed by atoms with Gasteiger partial charge in [0.2, 0.25) is 0 Å². The van der Waals surface area contributed by atoms with E-state index < -0.39 is 28.8 Å². The van der Waals surface area contributed by atoms with Gasteiger partial charge in [-0.2, -0.15) is 0 Å². The van der Waals surface area contributed by atoms with Crippen molar-refractivity contribution in [3.63, 3.8) is 0 Å². The number of hydrogen-bond donors (Lipinski definition) is 1. The third-order valence-corrected chi connectivity index (χ3v) is 5.26. The molecule has 1 aromatic heterocycles. The highest BCUT2D eigenvalue weighted by Gasteiger charge is 2.34. The molecule has 2 aromatic carbocycles. The number of nitrogens with zero attached hydrogens (tertiary/aromatic N) is 3. The Morgan fingerprint density at radius 3 is 2.42 bits per heavy atom. The van der Waals surface area contributed by atoms with Gasteiger partial charge < -0.3 is 14.6 Å². The molecule has 0 spiro atoms. The molecule has 0 radical (unpaired) electrons. The standard InChI is InChI=1S/C21H18ClF3N4O2/c1-4-29-18(13-5-10-9-26-19(30)12(10)8-14(13)23)27-28-20(29)21(2,3)31-17-15(24)6-11(22)7-16(17)25/h5-8H,4,9H2,1-3H3,(H,26,30). The van der Waals surface area contributed by atoms with Gasteiger partial charge >= 0.3 is 0 Å². The van der Waals surface area contributed by atoms with Crippen LogP contribution >= 0.6 is 11.6 Å². The van der Waals surface area contributed by atoms with E-state index in [4.69, 9.17) is 16.3 Å². The molecule has 0 saturated heterocycles. The number of carbonyl (C=O) groups excluding carboxylic acids is 1. The van der Waals surface area contributed by atoms with Crippen LogP contribution in [-0.4, -0.2) is 20.7 Å². The molecule has 31 heavy (non-hydrogen) atoms. The second-order valence-corrected chi connectivity index (χ2v) is 8.01. The van der Waals surface area contributed by atoms with Crippen LogP contribution in [0.2, 0.25) is 5.02 Å². The number of rotatable bonds is 5. The Labute approximate surface area is 181 Å². The zero-order chi connectivity index (χ0) is 22.5. The van der Waals surface area contributed by atoms with E-state index in [2.05, 4.69) is 15.5 Å². The van der Waals surface area contributed by atoms with Gasteiger partial charge in [0.25, 0.3) is 5.91 Å². The minimum absolute atomic E-state index is 0.0979. The fraction of sp³-hybridized carbons (Fsp3) is 0.286. The normalized spacial score (nSPS) is 13.3. The first kappa shape index (κ1) is 21.2. The van der Waals surface area contributed by atoms with Crippen molar-refractivity contribution in [1.29, 1.82) is 0 Å². The van der Waals surface area contributed by atoms with Gasteiger partial charge in [-0.05, 0) is 50.6 Å². The van der Waals surface area contributed by atoms with Gasteiger partial charge in [-0.3, -0.25) is 4.79 Å². The molecule has 4 rings (SSSR count). The third kappa shape index (κ3) is 3.63. The molecule has 10 heteroatoms. The van der Waals surface area contributed by atoms with Crippen molar-refractivity contribution in [1.82, 2.24) is 20.1 Å². The molecular formula is C21H18ClF3N4O2. The maximum atomic E-state index is 14.8. The minimum atomic E-state index is -1.32. The molecule has 1 N–H and O–H groups in total. The highest BCUT2D eigenvalue weighted by Crippen LogP contribution is 2.35. The lowest BCUT2D eigenvalue weighted by Crippen LogP contribution is -2.30. The van der Waals surface area contributed by atoms with Gasteiger partial charge in [0.15, 0.2) is 34.6 Å². The van der Waals surface area contributed by atoms with Crippen LogP contribution in [0.3, 0.4) is 0 Å². The van der Waals surface area contributed by atoms with Crippen molar-refractivity contribution in [3.05, 3.63) is 63.7 Å². The molecule has 1 aliphatic heterocycles. The highest BCUT2D eigenvalue weighted by molar-refractivity contribution is 6.30. The monoisotopic (exact) mass is 450 g/mol. The molecule has 0 fully saturated rings. The van der Waals surface area contributed by atoms with Crippen molar-refractivity contribution < 1.29 is 22.7 Å². The SMILES string of the molecule is CCn1c(-c2cc3c(cc2F)C(=O)NC3)nnc1C(C)(C)Oc1c(F)cc(Cl)cc1F. The summed E-state index contributed by atoms with van der Waals surface area (Å²) in [5, 5.41) is 10.8. The lowest BCUT2D eigenvalue weighted by Gasteiger charge is -2.26. The molecule has 1 aliphatic rings. The van der Waals surface area contributed by atoms with E-state index in [0.29, 0.717) is 12.1 Å². The Kier molecular flexibility index (Phi) is 5.17. The Morgan fingerprint density at radius 2 is 1.77 bits per heavy atom. The summed E-state index contributed by atoms with van der Waals surface area (Å²) in [7, 11) is 0. The van der Waals surface area contributed by atoms with E-state index in [0.717, 1.165) is 12.1 Å². The minimum Gasteiger partial charge on any atom is -0.474 e. The van der Waals surface area contributed by atoms with Gasteiger partial charge in [-0.15, -0.1) is 10.2 Å². The molecular weight excluding hydrogens is 433 g/mol. The summed E-state index contributed by atoms with van der Waals surface area (Å²) in [6.45, 7) is 5.57. The Morgan fingerprint density at radius 1 is 1.10 bits per heavy atom. The molecule has 0 saturated carbocycles. The summed E-state index contributed by atoms with van der Waals surface area (Å²) in [5.74, 6) is -3.02. The van der Waals surface area contributed by atoms with Crippen LogP contribution in [0.1, 0.15) is 42.5 Å². The Balaban J connectivity index is 1.76. The third-order valence-electron chi connectivity index (χ3n) is 5.04. The average Bonchev–Trinajstić information content (AvgIpc) is 3.28. The van der Waals surface area contributed by atoms with Gasteiger partial charge in [-0.1, -0.05) is 11.6 Å². The number of amides is 1. The predicted molar refractivity (Wildman–Crippen MR) is 107 cm³/mol. The number of aromatic nitrogens is 3. The predicted octanol–water partition coefficient (Wildman–Crippen LogP) is 4.59. The quantitative estimate of drug-likeness (QED) is 0.617. The number of carbonyl (C=O) groups is 1. The molecule has 0 atom stereocenters. The average molecular weight is 451 g/mol. The van der Waals surface area contributed by atoms with Gasteiger partial charge in [-0.25, -0.2) is 13.2 Å². The van der Waals surface area contributed by atoms with Crippen LogP contribution in [0.25, 0.3) is 11.4 Å². The molecule has 0 aliphatic carbocycles. The van der Waals surface area contributed by atoms with E-state index in [1.807, 2.05) is 0 Å². The number of hydrogen-bond acceptors (Lipinski definition) is 4. The van der Waals surface area contributed by atoms with Crippen molar-refractivity contribution in [2.45, 2.75) is 39.5 Å². The first-order valence-corrected chi connectivity index (χ1v) is 9.88. The number of benzene rings is 2. The van der Waals surface area contributed by atoms with Crippen LogP contribution < -0.4 is 10.1 Å². The van der Waals surface area contributed by atoms with Crippen LogP contribution in [0.4, 0.5) is 13.2 Å². The summed E-state index contributed by atoms with van der Waals surface area (Å²) >= 11 is 5.67. The van der Waals surface area contributed by atoms with E-state index in [-0.39, 0.29) is 40.3 Å². The van der Waals surface area contributed by atoms with E-state index in [1.54, 1.807) is 31.4 Å². The second-order valence-electron chi connectivity index (χ2n) is 7.57. The topological polar surface area (TPSA) is 69.0 Å². The van der Waals surface area contributed by atoms with Crippen LogP contribution in [-0.2, 0) is 18.7 Å². The smallest absolute Gasteiger partial charge is 0.252 e. The number of ether oxygens (including phenoxy) is 1. The Hall–Kier alpha value is -3.07. The molecule has 162 valence electrons. The second kappa shape index (κ2) is 7.56. The molecule has 6 nitrogen and oxygen atoms in total. The molecule has 0 unspecified atom stereocenters. The fourth-order valence-electron chi connectivity index (χ4n) is 3.59. The molecule has 1 amide bonds. The van der Waals surface area contributed by atoms with E-state index >= 15 is 0 Å². The first-order chi connectivity index (χ1) is 14.6. The van der Waals surface area contributed by atoms with Gasteiger partial charge in [0.1, 0.15) is 5.82 Å². The van der Waals surface area contributed by atoms with Gasteiger partial charge in [0, 0.05) is 23.7 Å². The first-order valence-electron chi connectivity index (χ1n) is 9.50. The zero-order valence-electron chi connectivity index (χ0n) is 16.9. The lowest BCUT2D eigenvalue weighted by molar-refractivity contribution is 0.0827. The van der Waals surface area contributed by atoms with Crippen molar-refractivity contribution in [2.75, 3.05) is 0 Å². The maximum Gasteiger partial charge on any atom is 0.252 e. The number of halogens is 4. The summed E-state index contributed by atoms with van der Waals surface area (Å²) in [6.07, 6.45) is 0. The summed E-state index contributed by atoms with van der Waals surface area (Å²) < 4.78 is 50.5. The van der Waals surface area contributed by atoms with Crippen molar-refractivity contribution in [2.24, 2.45) is 0 Å². The number of nitrogens with one attached hydrogen (secondary N) is 1. The molecule has 3 aromatic rings. The molecule has 0 bridgehead atoms. The summed E-state index contributed by atoms with van der Waals surface area (Å²) in [6, 6.07) is 4.61. The van der Waals surface area contributed by atoms with E-state index in [1.165, 1.54) is 6.07 Å². The van der Waals surface area contributed by atoms with Crippen LogP contribution in [0.15, 0.2) is 24.3 Å². The van der Waals surface area contributed by atoms with E-state index in [9.17, 15) is 18.0 Å². The van der Waals surface area contributed by atoms with Crippen LogP contribution in [0.5, 0.6) is 5.75 Å². The highest BCUT2D eigenvalue weighted by atomic mass is 35.5. The van der Waals surface area contributed by atoms with Crippen LogP contribution in [0, 0.1) is 17.5 Å². The fourth-order valence-corrected chi connectivity index (χ4v) is 3.78. The Bertz CT molecular complexity index is 1190. The zero-order valence-corrected chi connectivity index (χ0v) is 17.6. The van der Waals surface area contributed by atoms with Gasteiger partial charge in [0.05, 0.1) is 5.56 Å². The van der Waals surface area contributed by atoms with Crippen molar-refractivity contribution >= 4 is 17.5 Å². The summed E-state index contributed by atoms with van der Waals surface area (Å²) in [5.41, 5.74) is -0.229. The van der Waals surface area contributed by atoms with Crippen molar-refractivity contribution in [3.8, 4) is 17.1 Å². The largest absolute Gasteiger partial charge is 0.474 e.